The molecule has 0 radical (unpaired) electrons. The van der Waals surface area contributed by atoms with Gasteiger partial charge in [-0.15, -0.1) is 0 Å². The number of hydrogen-bond donors (Lipinski definition) is 2. The number of hydrogen-bond acceptors (Lipinski definition) is 8. The molecule has 0 unspecified atom stereocenters. The molecule has 3 aliphatic heterocycles. The lowest BCUT2D eigenvalue weighted by molar-refractivity contribution is -0.126. The Balaban J connectivity index is 1.34. The molecule has 2 saturated heterocycles. The third kappa shape index (κ3) is 5.46. The number of anilines is 3. The fraction of sp³-hybridized carbons (Fsp3) is 0.414. The standard InChI is InChI=1S/C29H34N6O3/c1-3-4-27(36)35-9-6-23(7-10-35)32-18-22(17-30)21-15-20(2)28-25(16-21)33-29-24(19-38-28)26(5-8-31-29)34-11-13-37-14-12-34/h5,8,15-18,23H,6-7,9-14,19,30H2,1-2H3,(H,31,33)/b22-17+,32-18?. The zero-order valence-electron chi connectivity index (χ0n) is 22.0. The lowest BCUT2D eigenvalue weighted by Crippen LogP contribution is -2.39. The van der Waals surface area contributed by atoms with Gasteiger partial charge in [-0.2, -0.15) is 0 Å². The lowest BCUT2D eigenvalue weighted by Gasteiger charge is -2.30. The van der Waals surface area contributed by atoms with Crippen LogP contribution in [-0.2, 0) is 16.1 Å². The maximum Gasteiger partial charge on any atom is 0.298 e. The monoisotopic (exact) mass is 514 g/mol. The molecule has 0 atom stereocenters. The number of piperidine rings is 1. The molecule has 1 aromatic carbocycles. The Morgan fingerprint density at radius 3 is 2.76 bits per heavy atom. The number of morpholine rings is 1. The second kappa shape index (κ2) is 11.6. The number of ether oxygens (including phenoxy) is 2. The first-order valence-corrected chi connectivity index (χ1v) is 13.1. The minimum absolute atomic E-state index is 0.110. The molecule has 5 rings (SSSR count). The number of aryl methyl sites for hydroxylation is 1. The van der Waals surface area contributed by atoms with Crippen molar-refractivity contribution in [2.45, 2.75) is 39.3 Å². The van der Waals surface area contributed by atoms with E-state index in [0.29, 0.717) is 32.9 Å². The molecule has 0 bridgehead atoms. The summed E-state index contributed by atoms with van der Waals surface area (Å²) in [5, 5.41) is 3.52. The number of likely N-dealkylation sites (tertiary alicyclic amines) is 1. The Kier molecular flexibility index (Phi) is 7.80. The molecule has 0 aliphatic carbocycles. The number of allylic oxidation sites excluding steroid dienone is 1. The van der Waals surface area contributed by atoms with E-state index in [0.717, 1.165) is 71.1 Å². The second-order valence-electron chi connectivity index (χ2n) is 9.64. The van der Waals surface area contributed by atoms with Crippen LogP contribution in [0.3, 0.4) is 0 Å². The zero-order chi connectivity index (χ0) is 26.5. The van der Waals surface area contributed by atoms with Gasteiger partial charge in [-0.3, -0.25) is 9.79 Å². The maximum atomic E-state index is 12.0. The van der Waals surface area contributed by atoms with E-state index in [1.165, 1.54) is 0 Å². The summed E-state index contributed by atoms with van der Waals surface area (Å²) in [7, 11) is 0. The Hall–Kier alpha value is -4.03. The number of carbonyl (C=O) groups excluding carboxylic acids is 1. The van der Waals surface area contributed by atoms with Crippen molar-refractivity contribution < 1.29 is 14.3 Å². The largest absolute Gasteiger partial charge is 0.486 e. The number of nitrogens with zero attached hydrogens (tertiary/aromatic N) is 4. The smallest absolute Gasteiger partial charge is 0.298 e. The van der Waals surface area contributed by atoms with Crippen LogP contribution in [0.15, 0.2) is 35.6 Å². The molecule has 9 nitrogen and oxygen atoms in total. The Morgan fingerprint density at radius 1 is 1.24 bits per heavy atom. The highest BCUT2D eigenvalue weighted by atomic mass is 16.5. The van der Waals surface area contributed by atoms with Crippen LogP contribution in [0.2, 0.25) is 0 Å². The molecule has 1 amide bonds. The van der Waals surface area contributed by atoms with E-state index < -0.39 is 0 Å². The molecule has 9 heteroatoms. The van der Waals surface area contributed by atoms with E-state index in [1.54, 1.807) is 18.0 Å². The summed E-state index contributed by atoms with van der Waals surface area (Å²) in [6.45, 7) is 8.60. The molecule has 198 valence electrons. The molecule has 0 saturated carbocycles. The van der Waals surface area contributed by atoms with Crippen LogP contribution in [-0.4, -0.2) is 67.4 Å². The fourth-order valence-electron chi connectivity index (χ4n) is 5.13. The summed E-state index contributed by atoms with van der Waals surface area (Å²) in [5.74, 6) is 6.79. The van der Waals surface area contributed by atoms with Crippen LogP contribution in [0.25, 0.3) is 5.57 Å². The number of nitrogens with one attached hydrogen (secondary N) is 1. The first kappa shape index (κ1) is 25.6. The molecular weight excluding hydrogens is 480 g/mol. The van der Waals surface area contributed by atoms with Crippen molar-refractivity contribution in [3.05, 3.63) is 47.3 Å². The molecule has 2 fully saturated rings. The van der Waals surface area contributed by atoms with Gasteiger partial charge in [-0.25, -0.2) is 4.98 Å². The van der Waals surface area contributed by atoms with Crippen molar-refractivity contribution >= 4 is 34.9 Å². The van der Waals surface area contributed by atoms with Gasteiger partial charge in [0.2, 0.25) is 0 Å². The molecule has 38 heavy (non-hydrogen) atoms. The van der Waals surface area contributed by atoms with Crippen LogP contribution in [0.5, 0.6) is 5.75 Å². The molecule has 1 aromatic heterocycles. The van der Waals surface area contributed by atoms with Crippen LogP contribution in [0, 0.1) is 18.8 Å². The summed E-state index contributed by atoms with van der Waals surface area (Å²) >= 11 is 0. The number of carbonyl (C=O) groups is 1. The van der Waals surface area contributed by atoms with Crippen LogP contribution in [0.1, 0.15) is 36.5 Å². The summed E-state index contributed by atoms with van der Waals surface area (Å²) < 4.78 is 11.9. The number of nitrogens with two attached hydrogens (primary N) is 1. The van der Waals surface area contributed by atoms with Crippen molar-refractivity contribution in [3.8, 4) is 17.6 Å². The van der Waals surface area contributed by atoms with Crippen LogP contribution < -0.4 is 20.7 Å². The van der Waals surface area contributed by atoms with Gasteiger partial charge in [0.15, 0.2) is 0 Å². The van der Waals surface area contributed by atoms with Gasteiger partial charge in [-0.05, 0) is 61.9 Å². The summed E-state index contributed by atoms with van der Waals surface area (Å²) in [6.07, 6.45) is 6.87. The highest BCUT2D eigenvalue weighted by Crippen LogP contribution is 2.40. The minimum atomic E-state index is -0.110. The quantitative estimate of drug-likeness (QED) is 0.477. The molecular formula is C29H34N6O3. The lowest BCUT2D eigenvalue weighted by atomic mass is 10.0. The van der Waals surface area contributed by atoms with E-state index in [1.807, 2.05) is 31.5 Å². The highest BCUT2D eigenvalue weighted by molar-refractivity contribution is 6.10. The fourth-order valence-corrected chi connectivity index (χ4v) is 5.13. The predicted molar refractivity (Wildman–Crippen MR) is 150 cm³/mol. The summed E-state index contributed by atoms with van der Waals surface area (Å²) in [4.78, 5) is 25.6. The summed E-state index contributed by atoms with van der Waals surface area (Å²) in [5.41, 5.74) is 11.8. The number of pyridine rings is 1. The van der Waals surface area contributed by atoms with Gasteiger partial charge < -0.3 is 30.3 Å². The van der Waals surface area contributed by atoms with Gasteiger partial charge in [0.1, 0.15) is 18.2 Å². The highest BCUT2D eigenvalue weighted by Gasteiger charge is 2.24. The number of rotatable bonds is 4. The first-order chi connectivity index (χ1) is 18.6. The SMILES string of the molecule is CC#CC(=O)N1CCC(N=C/C(=C\N)c2cc(C)c3c(c2)Nc2nccc(N4CCOCC4)c2CO3)CC1. The predicted octanol–water partition coefficient (Wildman–Crippen LogP) is 3.25. The Morgan fingerprint density at radius 2 is 2.03 bits per heavy atom. The third-order valence-electron chi connectivity index (χ3n) is 7.19. The molecule has 2 aromatic rings. The number of benzene rings is 1. The van der Waals surface area contributed by atoms with Gasteiger partial charge in [0, 0.05) is 56.1 Å². The van der Waals surface area contributed by atoms with Crippen molar-refractivity contribution in [2.24, 2.45) is 10.7 Å². The number of aliphatic imine (C=N–C) groups is 1. The number of fused-ring (bicyclic) bond motifs is 2. The Bertz CT molecular complexity index is 1310. The molecule has 4 heterocycles. The topological polar surface area (TPSA) is 105 Å². The van der Waals surface area contributed by atoms with Crippen molar-refractivity contribution in [1.29, 1.82) is 0 Å². The molecule has 0 spiro atoms. The van der Waals surface area contributed by atoms with Crippen molar-refractivity contribution in [2.75, 3.05) is 49.6 Å². The molecule has 3 aliphatic rings. The van der Waals surface area contributed by atoms with E-state index in [2.05, 4.69) is 33.1 Å². The zero-order valence-corrected chi connectivity index (χ0v) is 22.0. The Labute approximate surface area is 223 Å². The maximum absolute atomic E-state index is 12.0. The minimum Gasteiger partial charge on any atom is -0.486 e. The van der Waals surface area contributed by atoms with Crippen LogP contribution >= 0.6 is 0 Å². The van der Waals surface area contributed by atoms with E-state index in [-0.39, 0.29) is 11.9 Å². The number of amides is 1. The first-order valence-electron chi connectivity index (χ1n) is 13.1. The average Bonchev–Trinajstić information content (AvgIpc) is 3.14. The van der Waals surface area contributed by atoms with E-state index >= 15 is 0 Å². The van der Waals surface area contributed by atoms with Gasteiger partial charge in [0.05, 0.1) is 30.5 Å². The van der Waals surface area contributed by atoms with E-state index in [4.69, 9.17) is 20.2 Å². The van der Waals surface area contributed by atoms with Crippen molar-refractivity contribution in [1.82, 2.24) is 9.88 Å². The number of aromatic nitrogens is 1. The second-order valence-corrected chi connectivity index (χ2v) is 9.64. The normalized spacial score (nSPS) is 18.0. The summed E-state index contributed by atoms with van der Waals surface area (Å²) in [6, 6.07) is 6.30. The van der Waals surface area contributed by atoms with Crippen molar-refractivity contribution in [3.63, 3.8) is 0 Å². The van der Waals surface area contributed by atoms with Gasteiger partial charge in [-0.1, -0.05) is 5.92 Å². The van der Waals surface area contributed by atoms with Crippen LogP contribution in [0.4, 0.5) is 17.2 Å². The van der Waals surface area contributed by atoms with Gasteiger partial charge in [0.25, 0.3) is 5.91 Å². The third-order valence-corrected chi connectivity index (χ3v) is 7.19. The van der Waals surface area contributed by atoms with E-state index in [9.17, 15) is 4.79 Å². The van der Waals surface area contributed by atoms with Gasteiger partial charge >= 0.3 is 0 Å². The molecule has 3 N–H and O–H groups in total. The average molecular weight is 515 g/mol.